The Hall–Kier alpha value is -0.330. The number of ketones is 1. The Morgan fingerprint density at radius 1 is 1.13 bits per heavy atom. The van der Waals surface area contributed by atoms with E-state index in [0.29, 0.717) is 11.2 Å². The van der Waals surface area contributed by atoms with Gasteiger partial charge in [0.15, 0.2) is 0 Å². The molecule has 4 aliphatic rings. The molecule has 0 aliphatic heterocycles. The summed E-state index contributed by atoms with van der Waals surface area (Å²) in [5.41, 5.74) is 0.388. The second-order valence-corrected chi connectivity index (χ2v) is 6.93. The smallest absolute Gasteiger partial charge is 0.145 e. The molecule has 4 aliphatic carbocycles. The van der Waals surface area contributed by atoms with E-state index >= 15 is 0 Å². The van der Waals surface area contributed by atoms with Gasteiger partial charge in [-0.05, 0) is 43.4 Å². The van der Waals surface area contributed by atoms with Crippen LogP contribution in [-0.4, -0.2) is 5.78 Å². The maximum Gasteiger partial charge on any atom is 0.145 e. The lowest BCUT2D eigenvalue weighted by Crippen LogP contribution is -2.64. The zero-order valence-corrected chi connectivity index (χ0v) is 10.2. The lowest BCUT2D eigenvalue weighted by atomic mass is 9.37. The molecule has 0 aromatic rings. The number of carbonyl (C=O) groups excluding carboxylic acids is 1. The zero-order valence-electron chi connectivity index (χ0n) is 10.2. The average molecular weight is 206 g/mol. The van der Waals surface area contributed by atoms with Crippen LogP contribution in [0.3, 0.4) is 0 Å². The van der Waals surface area contributed by atoms with Crippen molar-refractivity contribution in [3.05, 3.63) is 0 Å². The van der Waals surface area contributed by atoms with E-state index in [1.807, 2.05) is 0 Å². The monoisotopic (exact) mass is 206 g/mol. The Morgan fingerprint density at radius 3 is 2.60 bits per heavy atom. The number of hydrogen-bond donors (Lipinski definition) is 0. The standard InChI is InChI=1S/C14H22O/c1-12-7-8-13(2)10(9-12)5-4-6-14(13,3)11(12)15/h10H,4-9H2,1-3H3/t10-,12-,13+,14+/m0/s1. The quantitative estimate of drug-likeness (QED) is 0.592. The van der Waals surface area contributed by atoms with Crippen molar-refractivity contribution in [2.75, 3.05) is 0 Å². The molecule has 0 N–H and O–H groups in total. The molecule has 1 heteroatoms. The molecule has 0 radical (unpaired) electrons. The van der Waals surface area contributed by atoms with Crippen molar-refractivity contribution in [1.82, 2.24) is 0 Å². The van der Waals surface area contributed by atoms with Crippen molar-refractivity contribution in [3.63, 3.8) is 0 Å². The molecular formula is C14H22O. The molecule has 84 valence electrons. The molecular weight excluding hydrogens is 184 g/mol. The van der Waals surface area contributed by atoms with Crippen LogP contribution in [0.15, 0.2) is 0 Å². The van der Waals surface area contributed by atoms with Gasteiger partial charge in [-0.3, -0.25) is 4.79 Å². The molecule has 4 saturated carbocycles. The van der Waals surface area contributed by atoms with E-state index in [9.17, 15) is 4.79 Å². The number of carbonyl (C=O) groups is 1. The summed E-state index contributed by atoms with van der Waals surface area (Å²) in [7, 11) is 0. The van der Waals surface area contributed by atoms with Crippen LogP contribution in [0.2, 0.25) is 0 Å². The van der Waals surface area contributed by atoms with Crippen molar-refractivity contribution in [1.29, 1.82) is 0 Å². The van der Waals surface area contributed by atoms with Crippen LogP contribution >= 0.6 is 0 Å². The van der Waals surface area contributed by atoms with E-state index in [0.717, 1.165) is 18.8 Å². The summed E-state index contributed by atoms with van der Waals surface area (Å²) in [5.74, 6) is 1.42. The number of Topliss-reactive ketones (excluding diaryl/α,β-unsaturated/α-hetero) is 1. The first-order valence-corrected chi connectivity index (χ1v) is 6.47. The maximum atomic E-state index is 12.6. The zero-order chi connectivity index (χ0) is 10.9. The molecule has 4 atom stereocenters. The first kappa shape index (κ1) is 9.86. The predicted molar refractivity (Wildman–Crippen MR) is 60.5 cm³/mol. The third kappa shape index (κ3) is 0.893. The van der Waals surface area contributed by atoms with E-state index in [-0.39, 0.29) is 10.8 Å². The molecule has 4 bridgehead atoms. The van der Waals surface area contributed by atoms with Gasteiger partial charge in [0, 0.05) is 10.8 Å². The second kappa shape index (κ2) is 2.49. The second-order valence-electron chi connectivity index (χ2n) is 6.93. The normalized spacial score (nSPS) is 58.3. The van der Waals surface area contributed by atoms with Crippen LogP contribution in [0.4, 0.5) is 0 Å². The highest BCUT2D eigenvalue weighted by Crippen LogP contribution is 2.69. The number of fused-ring (bicyclic) bond motifs is 1. The highest BCUT2D eigenvalue weighted by molar-refractivity contribution is 5.92. The fraction of sp³-hybridized carbons (Fsp3) is 0.929. The van der Waals surface area contributed by atoms with Gasteiger partial charge in [0.25, 0.3) is 0 Å². The van der Waals surface area contributed by atoms with E-state index in [1.165, 1.54) is 25.7 Å². The molecule has 0 aromatic carbocycles. The number of hydrogen-bond acceptors (Lipinski definition) is 1. The summed E-state index contributed by atoms with van der Waals surface area (Å²) >= 11 is 0. The summed E-state index contributed by atoms with van der Waals surface area (Å²) in [6, 6.07) is 0. The fourth-order valence-electron chi connectivity index (χ4n) is 4.99. The summed E-state index contributed by atoms with van der Waals surface area (Å²) in [5, 5.41) is 0. The fourth-order valence-corrected chi connectivity index (χ4v) is 4.99. The molecule has 1 nitrogen and oxygen atoms in total. The van der Waals surface area contributed by atoms with Gasteiger partial charge in [-0.15, -0.1) is 0 Å². The van der Waals surface area contributed by atoms with Crippen LogP contribution < -0.4 is 0 Å². The molecule has 0 heterocycles. The topological polar surface area (TPSA) is 17.1 Å². The summed E-state index contributed by atoms with van der Waals surface area (Å²) < 4.78 is 0. The van der Waals surface area contributed by atoms with Gasteiger partial charge in [-0.2, -0.15) is 0 Å². The van der Waals surface area contributed by atoms with Crippen LogP contribution in [0.25, 0.3) is 0 Å². The van der Waals surface area contributed by atoms with Crippen molar-refractivity contribution < 1.29 is 4.79 Å². The van der Waals surface area contributed by atoms with Gasteiger partial charge in [-0.1, -0.05) is 27.2 Å². The molecule has 0 spiro atoms. The summed E-state index contributed by atoms with van der Waals surface area (Å²) in [4.78, 5) is 12.6. The van der Waals surface area contributed by atoms with Crippen LogP contribution in [-0.2, 0) is 4.79 Å². The van der Waals surface area contributed by atoms with E-state index in [2.05, 4.69) is 20.8 Å². The van der Waals surface area contributed by atoms with Gasteiger partial charge in [0.1, 0.15) is 5.78 Å². The van der Waals surface area contributed by atoms with Gasteiger partial charge >= 0.3 is 0 Å². The Labute approximate surface area is 92.6 Å². The molecule has 0 unspecified atom stereocenters. The third-order valence-electron chi connectivity index (χ3n) is 6.33. The van der Waals surface area contributed by atoms with Crippen LogP contribution in [0.5, 0.6) is 0 Å². The lowest BCUT2D eigenvalue weighted by molar-refractivity contribution is -0.189. The molecule has 0 aromatic heterocycles. The molecule has 15 heavy (non-hydrogen) atoms. The average Bonchev–Trinajstić information content (AvgIpc) is 2.19. The summed E-state index contributed by atoms with van der Waals surface area (Å²) in [6.45, 7) is 6.89. The Bertz CT molecular complexity index is 334. The molecule has 0 amide bonds. The minimum absolute atomic E-state index is 0.0150. The predicted octanol–water partition coefficient (Wildman–Crippen LogP) is 3.57. The minimum Gasteiger partial charge on any atom is -0.298 e. The maximum absolute atomic E-state index is 12.6. The molecule has 4 fully saturated rings. The van der Waals surface area contributed by atoms with Gasteiger partial charge in [-0.25, -0.2) is 0 Å². The van der Waals surface area contributed by atoms with E-state index in [4.69, 9.17) is 0 Å². The van der Waals surface area contributed by atoms with Crippen LogP contribution in [0.1, 0.15) is 59.3 Å². The van der Waals surface area contributed by atoms with Crippen molar-refractivity contribution in [3.8, 4) is 0 Å². The first-order chi connectivity index (χ1) is 6.92. The van der Waals surface area contributed by atoms with E-state index in [1.54, 1.807) is 0 Å². The van der Waals surface area contributed by atoms with Crippen molar-refractivity contribution in [2.45, 2.75) is 59.3 Å². The highest BCUT2D eigenvalue weighted by Gasteiger charge is 2.67. The van der Waals surface area contributed by atoms with E-state index < -0.39 is 0 Å². The Kier molecular flexibility index (Phi) is 1.64. The Morgan fingerprint density at radius 2 is 1.87 bits per heavy atom. The largest absolute Gasteiger partial charge is 0.298 e. The molecule has 0 saturated heterocycles. The van der Waals surface area contributed by atoms with Gasteiger partial charge < -0.3 is 0 Å². The third-order valence-corrected chi connectivity index (χ3v) is 6.33. The minimum atomic E-state index is 0.0150. The van der Waals surface area contributed by atoms with Crippen LogP contribution in [0, 0.1) is 22.2 Å². The Balaban J connectivity index is 2.16. The number of rotatable bonds is 0. The van der Waals surface area contributed by atoms with Gasteiger partial charge in [0.2, 0.25) is 0 Å². The van der Waals surface area contributed by atoms with Crippen molar-refractivity contribution in [2.24, 2.45) is 22.2 Å². The highest BCUT2D eigenvalue weighted by atomic mass is 16.1. The van der Waals surface area contributed by atoms with Crippen molar-refractivity contribution >= 4 is 5.78 Å². The SMILES string of the molecule is C[C@@]12CC[C@]3(C)[C@@H](CCC[C@]3(C)C1=O)C2. The first-order valence-electron chi connectivity index (χ1n) is 6.47. The van der Waals surface area contributed by atoms with Gasteiger partial charge in [0.05, 0.1) is 0 Å². The molecule has 4 rings (SSSR count). The lowest BCUT2D eigenvalue weighted by Gasteiger charge is -2.66. The summed E-state index contributed by atoms with van der Waals surface area (Å²) in [6.07, 6.45) is 7.41.